The van der Waals surface area contributed by atoms with Crippen LogP contribution in [0.5, 0.6) is 5.75 Å². The molecule has 0 aliphatic carbocycles. The number of aromatic nitrogens is 2. The second kappa shape index (κ2) is 11.0. The van der Waals surface area contributed by atoms with E-state index in [0.717, 1.165) is 87.8 Å². The summed E-state index contributed by atoms with van der Waals surface area (Å²) in [6.45, 7) is 11.6. The lowest BCUT2D eigenvalue weighted by Gasteiger charge is -2.39. The zero-order chi connectivity index (χ0) is 25.1. The molecule has 5 rings (SSSR count). The number of fused-ring (bicyclic) bond motifs is 1. The lowest BCUT2D eigenvalue weighted by molar-refractivity contribution is -0.139. The number of amides is 1. The van der Waals surface area contributed by atoms with Crippen molar-refractivity contribution in [2.45, 2.75) is 45.8 Å². The minimum absolute atomic E-state index is 0.157. The number of hydrogen-bond acceptors (Lipinski definition) is 5. The van der Waals surface area contributed by atoms with Gasteiger partial charge < -0.3 is 14.2 Å². The van der Waals surface area contributed by atoms with E-state index in [1.807, 2.05) is 12.1 Å². The number of ether oxygens (including phenoxy) is 1. The van der Waals surface area contributed by atoms with Gasteiger partial charge in [0.1, 0.15) is 11.6 Å². The fraction of sp³-hybridized carbons (Fsp3) is 0.517. The molecule has 7 heteroatoms. The van der Waals surface area contributed by atoms with Crippen LogP contribution < -0.4 is 4.74 Å². The molecule has 0 atom stereocenters. The number of piperidine rings is 1. The standard InChI is InChI=1S/C29H39N5O2/c1-22(2)32-16-18-33(19-17-32)29(35)24-12-14-31(15-13-24)21-28-30-26-6-4-5-7-27(26)34(28)20-23-8-10-25(36-3)11-9-23/h4-11,22,24H,12-21H2,1-3H3. The van der Waals surface area contributed by atoms with Crippen LogP contribution in [0.1, 0.15) is 38.1 Å². The third-order valence-electron chi connectivity index (χ3n) is 7.89. The van der Waals surface area contributed by atoms with E-state index >= 15 is 0 Å². The van der Waals surface area contributed by atoms with Crippen molar-refractivity contribution in [3.8, 4) is 5.75 Å². The number of para-hydroxylation sites is 2. The maximum Gasteiger partial charge on any atom is 0.225 e. The fourth-order valence-corrected chi connectivity index (χ4v) is 5.59. The minimum Gasteiger partial charge on any atom is -0.497 e. The Bertz CT molecular complexity index is 1160. The molecule has 1 aromatic heterocycles. The van der Waals surface area contributed by atoms with Gasteiger partial charge in [-0.15, -0.1) is 0 Å². The van der Waals surface area contributed by atoms with Crippen LogP contribution in [-0.4, -0.2) is 82.6 Å². The molecule has 7 nitrogen and oxygen atoms in total. The number of benzene rings is 2. The monoisotopic (exact) mass is 489 g/mol. The first-order chi connectivity index (χ1) is 17.5. The van der Waals surface area contributed by atoms with Crippen LogP contribution in [0.15, 0.2) is 48.5 Å². The molecule has 0 saturated carbocycles. The molecule has 2 aliphatic heterocycles. The number of carbonyl (C=O) groups excluding carboxylic acids is 1. The van der Waals surface area contributed by atoms with Gasteiger partial charge in [-0.3, -0.25) is 14.6 Å². The first-order valence-corrected chi connectivity index (χ1v) is 13.3. The first-order valence-electron chi connectivity index (χ1n) is 13.3. The highest BCUT2D eigenvalue weighted by atomic mass is 16.5. The van der Waals surface area contributed by atoms with Gasteiger partial charge in [0, 0.05) is 44.7 Å². The van der Waals surface area contributed by atoms with Crippen molar-refractivity contribution >= 4 is 16.9 Å². The van der Waals surface area contributed by atoms with Gasteiger partial charge in [-0.25, -0.2) is 4.98 Å². The van der Waals surface area contributed by atoms with Gasteiger partial charge in [0.05, 0.1) is 24.7 Å². The van der Waals surface area contributed by atoms with Gasteiger partial charge in [-0.1, -0.05) is 24.3 Å². The molecule has 0 spiro atoms. The Morgan fingerprint density at radius 1 is 0.944 bits per heavy atom. The van der Waals surface area contributed by atoms with Crippen molar-refractivity contribution < 1.29 is 9.53 Å². The van der Waals surface area contributed by atoms with Crippen molar-refractivity contribution in [2.24, 2.45) is 5.92 Å². The number of piperazine rings is 1. The largest absolute Gasteiger partial charge is 0.497 e. The van der Waals surface area contributed by atoms with Crippen LogP contribution in [0, 0.1) is 5.92 Å². The average molecular weight is 490 g/mol. The second-order valence-electron chi connectivity index (χ2n) is 10.5. The highest BCUT2D eigenvalue weighted by molar-refractivity contribution is 5.79. The van der Waals surface area contributed by atoms with Crippen LogP contribution in [0.25, 0.3) is 11.0 Å². The van der Waals surface area contributed by atoms with Crippen LogP contribution in [0.3, 0.4) is 0 Å². The number of carbonyl (C=O) groups is 1. The van der Waals surface area contributed by atoms with Gasteiger partial charge in [-0.05, 0) is 69.6 Å². The zero-order valence-electron chi connectivity index (χ0n) is 21.9. The van der Waals surface area contributed by atoms with Gasteiger partial charge in [0.25, 0.3) is 0 Å². The average Bonchev–Trinajstić information content (AvgIpc) is 3.25. The highest BCUT2D eigenvalue weighted by Crippen LogP contribution is 2.25. The Hall–Kier alpha value is -2.90. The van der Waals surface area contributed by atoms with Crippen molar-refractivity contribution in [3.63, 3.8) is 0 Å². The molecule has 36 heavy (non-hydrogen) atoms. The SMILES string of the molecule is COc1ccc(Cn2c(CN3CCC(C(=O)N4CCN(C(C)C)CC4)CC3)nc3ccccc32)cc1. The van der Waals surface area contributed by atoms with Crippen LogP contribution in [-0.2, 0) is 17.9 Å². The summed E-state index contributed by atoms with van der Waals surface area (Å²) in [6, 6.07) is 17.2. The summed E-state index contributed by atoms with van der Waals surface area (Å²) in [5.41, 5.74) is 3.42. The van der Waals surface area contributed by atoms with Crippen molar-refractivity contribution in [3.05, 3.63) is 59.9 Å². The Labute approximate surface area is 214 Å². The van der Waals surface area contributed by atoms with Crippen molar-refractivity contribution in [1.29, 1.82) is 0 Å². The van der Waals surface area contributed by atoms with E-state index in [0.29, 0.717) is 11.9 Å². The maximum absolute atomic E-state index is 13.2. The van der Waals surface area contributed by atoms with E-state index < -0.39 is 0 Å². The topological polar surface area (TPSA) is 53.8 Å². The molecule has 192 valence electrons. The van der Waals surface area contributed by atoms with E-state index in [1.54, 1.807) is 7.11 Å². The summed E-state index contributed by atoms with van der Waals surface area (Å²) < 4.78 is 7.66. The normalized spacial score (nSPS) is 18.3. The number of rotatable bonds is 7. The molecule has 2 saturated heterocycles. The van der Waals surface area contributed by atoms with Gasteiger partial charge >= 0.3 is 0 Å². The molecule has 0 bridgehead atoms. The molecule has 2 aromatic carbocycles. The van der Waals surface area contributed by atoms with Crippen LogP contribution in [0.4, 0.5) is 0 Å². The summed E-state index contributed by atoms with van der Waals surface area (Å²) >= 11 is 0. The third kappa shape index (κ3) is 5.42. The predicted molar refractivity (Wildman–Crippen MR) is 143 cm³/mol. The molecule has 1 amide bonds. The molecule has 3 heterocycles. The Morgan fingerprint density at radius 3 is 2.31 bits per heavy atom. The fourth-order valence-electron chi connectivity index (χ4n) is 5.59. The van der Waals surface area contributed by atoms with Crippen LogP contribution in [0.2, 0.25) is 0 Å². The minimum atomic E-state index is 0.157. The predicted octanol–water partition coefficient (Wildman–Crippen LogP) is 3.86. The lowest BCUT2D eigenvalue weighted by atomic mass is 9.95. The molecule has 2 fully saturated rings. The second-order valence-corrected chi connectivity index (χ2v) is 10.5. The molecular formula is C29H39N5O2. The number of methoxy groups -OCH3 is 1. The van der Waals surface area contributed by atoms with E-state index in [1.165, 1.54) is 5.56 Å². The molecule has 0 N–H and O–H groups in total. The number of likely N-dealkylation sites (tertiary alicyclic amines) is 1. The molecule has 0 radical (unpaired) electrons. The smallest absolute Gasteiger partial charge is 0.225 e. The molecule has 3 aromatic rings. The molecule has 0 unspecified atom stereocenters. The van der Waals surface area contributed by atoms with Crippen molar-refractivity contribution in [2.75, 3.05) is 46.4 Å². The summed E-state index contributed by atoms with van der Waals surface area (Å²) in [6.07, 6.45) is 1.86. The van der Waals surface area contributed by atoms with Crippen LogP contribution >= 0.6 is 0 Å². The summed E-state index contributed by atoms with van der Waals surface area (Å²) in [7, 11) is 1.69. The zero-order valence-corrected chi connectivity index (χ0v) is 21.9. The van der Waals surface area contributed by atoms with E-state index in [2.05, 4.69) is 69.5 Å². The summed E-state index contributed by atoms with van der Waals surface area (Å²) in [5, 5.41) is 0. The van der Waals surface area contributed by atoms with Gasteiger partial charge in [0.2, 0.25) is 5.91 Å². The first kappa shape index (κ1) is 24.8. The maximum atomic E-state index is 13.2. The number of hydrogen-bond donors (Lipinski definition) is 0. The van der Waals surface area contributed by atoms with Gasteiger partial charge in [0.15, 0.2) is 0 Å². The molecule has 2 aliphatic rings. The highest BCUT2D eigenvalue weighted by Gasteiger charge is 2.31. The van der Waals surface area contributed by atoms with E-state index in [4.69, 9.17) is 9.72 Å². The number of nitrogens with zero attached hydrogens (tertiary/aromatic N) is 5. The number of imidazole rings is 1. The third-order valence-corrected chi connectivity index (χ3v) is 7.89. The Kier molecular flexibility index (Phi) is 7.58. The lowest BCUT2D eigenvalue weighted by Crippen LogP contribution is -2.53. The van der Waals surface area contributed by atoms with Gasteiger partial charge in [-0.2, -0.15) is 0 Å². The van der Waals surface area contributed by atoms with E-state index in [-0.39, 0.29) is 5.92 Å². The summed E-state index contributed by atoms with van der Waals surface area (Å²) in [4.78, 5) is 25.2. The Morgan fingerprint density at radius 2 is 1.64 bits per heavy atom. The quantitative estimate of drug-likeness (QED) is 0.505. The van der Waals surface area contributed by atoms with Crippen molar-refractivity contribution in [1.82, 2.24) is 24.3 Å². The Balaban J connectivity index is 1.22. The molecular weight excluding hydrogens is 450 g/mol. The van der Waals surface area contributed by atoms with E-state index in [9.17, 15) is 4.79 Å². The summed E-state index contributed by atoms with van der Waals surface area (Å²) in [5.74, 6) is 2.48.